The first-order chi connectivity index (χ1) is 7.16. The number of nitro benzene ring substituents is 1. The summed E-state index contributed by atoms with van der Waals surface area (Å²) in [6.45, 7) is 2.92. The molecule has 1 N–H and O–H groups in total. The van der Waals surface area contributed by atoms with Gasteiger partial charge in [0, 0.05) is 24.7 Å². The van der Waals surface area contributed by atoms with Gasteiger partial charge in [-0.3, -0.25) is 10.1 Å². The molecule has 0 aliphatic heterocycles. The molecule has 0 saturated heterocycles. The Morgan fingerprint density at radius 2 is 2.33 bits per heavy atom. The molecule has 0 radical (unpaired) electrons. The molecule has 2 rings (SSSR count). The van der Waals surface area contributed by atoms with Crippen LogP contribution in [0.1, 0.15) is 18.9 Å². The molecule has 0 heterocycles. The van der Waals surface area contributed by atoms with E-state index in [1.807, 2.05) is 6.07 Å². The van der Waals surface area contributed by atoms with Gasteiger partial charge < -0.3 is 5.32 Å². The Labute approximate surface area is 88.5 Å². The van der Waals surface area contributed by atoms with Crippen molar-refractivity contribution in [2.24, 2.45) is 5.92 Å². The Morgan fingerprint density at radius 1 is 1.60 bits per heavy atom. The lowest BCUT2D eigenvalue weighted by Crippen LogP contribution is -2.16. The van der Waals surface area contributed by atoms with Crippen LogP contribution < -0.4 is 5.32 Å². The zero-order chi connectivity index (χ0) is 10.8. The highest BCUT2D eigenvalue weighted by Gasteiger charge is 2.31. The van der Waals surface area contributed by atoms with Gasteiger partial charge in [0.15, 0.2) is 0 Å². The van der Waals surface area contributed by atoms with Crippen LogP contribution in [0.25, 0.3) is 0 Å². The van der Waals surface area contributed by atoms with E-state index in [1.165, 1.54) is 12.5 Å². The van der Waals surface area contributed by atoms with Gasteiger partial charge in [-0.1, -0.05) is 19.1 Å². The average molecular weight is 206 g/mol. The average Bonchev–Trinajstić information content (AvgIpc) is 2.92. The lowest BCUT2D eigenvalue weighted by Gasteiger charge is -2.02. The van der Waals surface area contributed by atoms with Gasteiger partial charge in [0.25, 0.3) is 5.69 Å². The van der Waals surface area contributed by atoms with E-state index in [9.17, 15) is 10.1 Å². The molecule has 0 spiro atoms. The third-order valence-corrected chi connectivity index (χ3v) is 2.80. The molecule has 1 aliphatic carbocycles. The fraction of sp³-hybridized carbons (Fsp3) is 0.455. The predicted octanol–water partition coefficient (Wildman–Crippen LogP) is 2.09. The van der Waals surface area contributed by atoms with Crippen LogP contribution in [0.4, 0.5) is 5.69 Å². The highest BCUT2D eigenvalue weighted by molar-refractivity contribution is 5.34. The maximum Gasteiger partial charge on any atom is 0.269 e. The van der Waals surface area contributed by atoms with Crippen LogP contribution >= 0.6 is 0 Å². The van der Waals surface area contributed by atoms with Crippen molar-refractivity contribution >= 4 is 5.69 Å². The van der Waals surface area contributed by atoms with Gasteiger partial charge >= 0.3 is 0 Å². The summed E-state index contributed by atoms with van der Waals surface area (Å²) in [5.41, 5.74) is 1.14. The van der Waals surface area contributed by atoms with E-state index in [0.717, 1.165) is 18.0 Å². The molecular weight excluding hydrogens is 192 g/mol. The van der Waals surface area contributed by atoms with Crippen LogP contribution in [0.3, 0.4) is 0 Å². The van der Waals surface area contributed by atoms with Gasteiger partial charge in [0.2, 0.25) is 0 Å². The number of hydrogen-bond acceptors (Lipinski definition) is 3. The van der Waals surface area contributed by atoms with Crippen molar-refractivity contribution in [3.05, 3.63) is 39.9 Å². The Bertz CT molecular complexity index is 379. The summed E-state index contributed by atoms with van der Waals surface area (Å²) in [7, 11) is 0. The second kappa shape index (κ2) is 3.98. The molecule has 1 aromatic rings. The molecule has 0 aromatic heterocycles. The smallest absolute Gasteiger partial charge is 0.269 e. The van der Waals surface area contributed by atoms with Crippen LogP contribution in [0.5, 0.6) is 0 Å². The number of nitro groups is 1. The number of hydrogen-bond donors (Lipinski definition) is 1. The summed E-state index contributed by atoms with van der Waals surface area (Å²) >= 11 is 0. The molecule has 4 heteroatoms. The molecule has 1 fully saturated rings. The maximum atomic E-state index is 10.5. The van der Waals surface area contributed by atoms with Gasteiger partial charge in [-0.05, 0) is 17.9 Å². The molecule has 1 aromatic carbocycles. The number of rotatable bonds is 4. The SMILES string of the molecule is CC1CC1NCc1cccc([N+](=O)[O-])c1. The van der Waals surface area contributed by atoms with Gasteiger partial charge in [-0.2, -0.15) is 0 Å². The number of benzene rings is 1. The summed E-state index contributed by atoms with van der Waals surface area (Å²) in [5.74, 6) is 0.753. The number of non-ortho nitro benzene ring substituents is 1. The number of nitrogens with one attached hydrogen (secondary N) is 1. The van der Waals surface area contributed by atoms with Crippen LogP contribution in [-0.2, 0) is 6.54 Å². The fourth-order valence-corrected chi connectivity index (χ4v) is 1.64. The van der Waals surface area contributed by atoms with Gasteiger partial charge in [0.05, 0.1) is 4.92 Å². The summed E-state index contributed by atoms with van der Waals surface area (Å²) < 4.78 is 0. The quantitative estimate of drug-likeness (QED) is 0.606. The first-order valence-electron chi connectivity index (χ1n) is 5.13. The summed E-state index contributed by atoms with van der Waals surface area (Å²) in [6.07, 6.45) is 1.22. The van der Waals surface area contributed by atoms with E-state index < -0.39 is 0 Å². The van der Waals surface area contributed by atoms with Crippen molar-refractivity contribution in [1.82, 2.24) is 5.32 Å². The summed E-state index contributed by atoms with van der Waals surface area (Å²) in [4.78, 5) is 10.2. The highest BCUT2D eigenvalue weighted by atomic mass is 16.6. The first kappa shape index (κ1) is 10.1. The molecule has 0 amide bonds. The summed E-state index contributed by atoms with van der Waals surface area (Å²) in [6, 6.07) is 7.38. The molecule has 0 bridgehead atoms. The van der Waals surface area contributed by atoms with Crippen molar-refractivity contribution in [1.29, 1.82) is 0 Å². The normalized spacial score (nSPS) is 23.8. The lowest BCUT2D eigenvalue weighted by atomic mass is 10.2. The third-order valence-electron chi connectivity index (χ3n) is 2.80. The van der Waals surface area contributed by atoms with Gasteiger partial charge in [-0.25, -0.2) is 0 Å². The second-order valence-corrected chi connectivity index (χ2v) is 4.13. The van der Waals surface area contributed by atoms with E-state index in [2.05, 4.69) is 12.2 Å². The van der Waals surface area contributed by atoms with Crippen LogP contribution in [-0.4, -0.2) is 11.0 Å². The molecule has 2 unspecified atom stereocenters. The van der Waals surface area contributed by atoms with Crippen LogP contribution in [0.15, 0.2) is 24.3 Å². The lowest BCUT2D eigenvalue weighted by molar-refractivity contribution is -0.384. The molecule has 1 aliphatic rings. The minimum absolute atomic E-state index is 0.165. The highest BCUT2D eigenvalue weighted by Crippen LogP contribution is 2.29. The van der Waals surface area contributed by atoms with Crippen molar-refractivity contribution < 1.29 is 4.92 Å². The molecule has 4 nitrogen and oxygen atoms in total. The van der Waals surface area contributed by atoms with Crippen LogP contribution in [0, 0.1) is 16.0 Å². The van der Waals surface area contributed by atoms with E-state index in [0.29, 0.717) is 6.04 Å². The Kier molecular flexibility index (Phi) is 2.68. The van der Waals surface area contributed by atoms with E-state index >= 15 is 0 Å². The minimum Gasteiger partial charge on any atom is -0.310 e. The topological polar surface area (TPSA) is 55.2 Å². The zero-order valence-corrected chi connectivity index (χ0v) is 8.64. The fourth-order valence-electron chi connectivity index (χ4n) is 1.64. The Morgan fingerprint density at radius 3 is 2.93 bits per heavy atom. The van der Waals surface area contributed by atoms with Crippen molar-refractivity contribution in [2.45, 2.75) is 25.9 Å². The van der Waals surface area contributed by atoms with Crippen molar-refractivity contribution in [3.63, 3.8) is 0 Å². The Balaban J connectivity index is 1.95. The van der Waals surface area contributed by atoms with E-state index in [4.69, 9.17) is 0 Å². The molecule has 80 valence electrons. The van der Waals surface area contributed by atoms with E-state index in [1.54, 1.807) is 12.1 Å². The van der Waals surface area contributed by atoms with Gasteiger partial charge in [-0.15, -0.1) is 0 Å². The third kappa shape index (κ3) is 2.53. The molecular formula is C11H14N2O2. The van der Waals surface area contributed by atoms with Gasteiger partial charge in [0.1, 0.15) is 0 Å². The van der Waals surface area contributed by atoms with Crippen molar-refractivity contribution in [3.8, 4) is 0 Å². The summed E-state index contributed by atoms with van der Waals surface area (Å²) in [5, 5.41) is 13.9. The van der Waals surface area contributed by atoms with E-state index in [-0.39, 0.29) is 10.6 Å². The maximum absolute atomic E-state index is 10.5. The minimum atomic E-state index is -0.358. The van der Waals surface area contributed by atoms with Crippen molar-refractivity contribution in [2.75, 3.05) is 0 Å². The first-order valence-corrected chi connectivity index (χ1v) is 5.13. The second-order valence-electron chi connectivity index (χ2n) is 4.13. The number of nitrogens with zero attached hydrogens (tertiary/aromatic N) is 1. The standard InChI is InChI=1S/C11H14N2O2/c1-8-5-11(8)12-7-9-3-2-4-10(6-9)13(14)15/h2-4,6,8,11-12H,5,7H2,1H3. The van der Waals surface area contributed by atoms with Crippen LogP contribution in [0.2, 0.25) is 0 Å². The largest absolute Gasteiger partial charge is 0.310 e. The monoisotopic (exact) mass is 206 g/mol. The molecule has 1 saturated carbocycles. The molecule has 2 atom stereocenters. The zero-order valence-electron chi connectivity index (χ0n) is 8.64. The Hall–Kier alpha value is -1.42. The molecule has 15 heavy (non-hydrogen) atoms. The predicted molar refractivity (Wildman–Crippen MR) is 57.5 cm³/mol.